The van der Waals surface area contributed by atoms with Crippen molar-refractivity contribution in [2.75, 3.05) is 13.1 Å². The Morgan fingerprint density at radius 3 is 2.95 bits per heavy atom. The summed E-state index contributed by atoms with van der Waals surface area (Å²) in [5.74, 6) is -0.549. The lowest BCUT2D eigenvalue weighted by Crippen LogP contribution is -2.44. The summed E-state index contributed by atoms with van der Waals surface area (Å²) in [6.45, 7) is 2.77. The van der Waals surface area contributed by atoms with Gasteiger partial charge in [-0.15, -0.1) is 0 Å². The lowest BCUT2D eigenvalue weighted by atomic mass is 9.99. The monoisotopic (exact) mass is 293 g/mol. The van der Waals surface area contributed by atoms with Crippen LogP contribution < -0.4 is 5.32 Å². The minimum Gasteiger partial charge on any atom is -0.308 e. The van der Waals surface area contributed by atoms with Gasteiger partial charge >= 0.3 is 0 Å². The number of nitro benzene ring substituents is 1. The molecule has 2 unspecified atom stereocenters. The second kappa shape index (κ2) is 6.07. The number of halogens is 1. The van der Waals surface area contributed by atoms with Crippen molar-refractivity contribution in [3.63, 3.8) is 0 Å². The molecule has 2 aliphatic rings. The van der Waals surface area contributed by atoms with Gasteiger partial charge in [-0.3, -0.25) is 15.0 Å². The van der Waals surface area contributed by atoms with E-state index >= 15 is 0 Å². The van der Waals surface area contributed by atoms with Crippen LogP contribution in [0, 0.1) is 15.9 Å². The van der Waals surface area contributed by atoms with E-state index in [1.165, 1.54) is 37.9 Å². The van der Waals surface area contributed by atoms with Gasteiger partial charge in [0.15, 0.2) is 0 Å². The maximum atomic E-state index is 13.4. The predicted octanol–water partition coefficient (Wildman–Crippen LogP) is 2.45. The lowest BCUT2D eigenvalue weighted by molar-refractivity contribution is -0.385. The van der Waals surface area contributed by atoms with Crippen molar-refractivity contribution in [2.24, 2.45) is 0 Å². The second-order valence-electron chi connectivity index (χ2n) is 5.95. The Kier molecular flexibility index (Phi) is 4.17. The Balaban J connectivity index is 1.64. The molecule has 2 aliphatic heterocycles. The molecule has 2 fully saturated rings. The number of fused-ring (bicyclic) bond motifs is 1. The summed E-state index contributed by atoms with van der Waals surface area (Å²) in [7, 11) is 0. The molecule has 0 spiro atoms. The van der Waals surface area contributed by atoms with Gasteiger partial charge in [-0.05, 0) is 37.4 Å². The topological polar surface area (TPSA) is 58.4 Å². The van der Waals surface area contributed by atoms with E-state index in [4.69, 9.17) is 0 Å². The largest absolute Gasteiger partial charge is 0.308 e. The second-order valence-corrected chi connectivity index (χ2v) is 5.95. The molecule has 1 aromatic carbocycles. The van der Waals surface area contributed by atoms with E-state index < -0.39 is 10.7 Å². The average molecular weight is 293 g/mol. The number of hydrogen-bond donors (Lipinski definition) is 1. The van der Waals surface area contributed by atoms with Gasteiger partial charge in [0.25, 0.3) is 5.69 Å². The van der Waals surface area contributed by atoms with Gasteiger partial charge in [0.1, 0.15) is 5.82 Å². The molecule has 1 aromatic rings. The van der Waals surface area contributed by atoms with Gasteiger partial charge in [0.2, 0.25) is 0 Å². The van der Waals surface area contributed by atoms with Crippen molar-refractivity contribution >= 4 is 5.69 Å². The van der Waals surface area contributed by atoms with E-state index in [1.807, 2.05) is 0 Å². The first-order valence-corrected chi connectivity index (χ1v) is 7.55. The van der Waals surface area contributed by atoms with Crippen LogP contribution in [-0.2, 0) is 6.54 Å². The highest BCUT2D eigenvalue weighted by Gasteiger charge is 2.34. The van der Waals surface area contributed by atoms with Crippen LogP contribution in [0.15, 0.2) is 18.2 Å². The smallest absolute Gasteiger partial charge is 0.272 e. The van der Waals surface area contributed by atoms with Crippen LogP contribution in [0.2, 0.25) is 0 Å². The molecule has 0 radical (unpaired) electrons. The first-order valence-electron chi connectivity index (χ1n) is 7.55. The molecule has 3 rings (SSSR count). The molecule has 0 aromatic heterocycles. The highest BCUT2D eigenvalue weighted by molar-refractivity contribution is 5.35. The van der Waals surface area contributed by atoms with E-state index in [0.717, 1.165) is 19.0 Å². The van der Waals surface area contributed by atoms with Crippen molar-refractivity contribution in [1.29, 1.82) is 0 Å². The third-order valence-corrected chi connectivity index (χ3v) is 4.58. The maximum absolute atomic E-state index is 13.4. The molecule has 0 saturated carbocycles. The highest BCUT2D eigenvalue weighted by Crippen LogP contribution is 2.27. The number of hydrogen-bond acceptors (Lipinski definition) is 4. The molecule has 5 nitrogen and oxygen atoms in total. The van der Waals surface area contributed by atoms with Crippen molar-refractivity contribution < 1.29 is 9.31 Å². The minimum atomic E-state index is -0.551. The maximum Gasteiger partial charge on any atom is 0.272 e. The fraction of sp³-hybridized carbons (Fsp3) is 0.600. The van der Waals surface area contributed by atoms with E-state index in [-0.39, 0.29) is 5.69 Å². The molecule has 2 heterocycles. The van der Waals surface area contributed by atoms with Crippen LogP contribution in [0.25, 0.3) is 0 Å². The Bertz CT molecular complexity index is 538. The van der Waals surface area contributed by atoms with Crippen LogP contribution in [0.4, 0.5) is 10.1 Å². The van der Waals surface area contributed by atoms with E-state index in [1.54, 1.807) is 0 Å². The molecule has 1 N–H and O–H groups in total. The number of non-ortho nitro benzene ring substituents is 1. The zero-order chi connectivity index (χ0) is 14.8. The number of nitrogens with one attached hydrogen (secondary N) is 1. The summed E-state index contributed by atoms with van der Waals surface area (Å²) in [4.78, 5) is 12.7. The molecule has 2 saturated heterocycles. The van der Waals surface area contributed by atoms with Crippen LogP contribution >= 0.6 is 0 Å². The van der Waals surface area contributed by atoms with Crippen molar-refractivity contribution in [3.8, 4) is 0 Å². The minimum absolute atomic E-state index is 0.183. The van der Waals surface area contributed by atoms with Gasteiger partial charge in [0, 0.05) is 31.2 Å². The molecular formula is C15H20FN3O2. The summed E-state index contributed by atoms with van der Waals surface area (Å²) < 4.78 is 13.4. The van der Waals surface area contributed by atoms with Crippen molar-refractivity contribution in [1.82, 2.24) is 10.2 Å². The molecule has 114 valence electrons. The lowest BCUT2D eigenvalue weighted by Gasteiger charge is -2.32. The summed E-state index contributed by atoms with van der Waals surface area (Å²) in [6, 6.07) is 4.76. The molecule has 0 aliphatic carbocycles. The van der Waals surface area contributed by atoms with Crippen molar-refractivity contribution in [2.45, 2.75) is 44.3 Å². The summed E-state index contributed by atoms with van der Waals surface area (Å²) in [5, 5.41) is 14.2. The Morgan fingerprint density at radius 1 is 1.29 bits per heavy atom. The number of rotatable bonds is 4. The Hall–Kier alpha value is -1.53. The SMILES string of the molecule is O=[N+]([O-])c1cc(F)cc(CNC2CCN3CCCCC23)c1. The normalized spacial score (nSPS) is 25.8. The molecule has 0 bridgehead atoms. The molecule has 6 heteroatoms. The summed E-state index contributed by atoms with van der Waals surface area (Å²) in [6.07, 6.45) is 4.85. The first-order chi connectivity index (χ1) is 10.1. The van der Waals surface area contributed by atoms with Gasteiger partial charge < -0.3 is 5.32 Å². The highest BCUT2D eigenvalue weighted by atomic mass is 19.1. The van der Waals surface area contributed by atoms with Gasteiger partial charge in [0.05, 0.1) is 11.0 Å². The summed E-state index contributed by atoms with van der Waals surface area (Å²) >= 11 is 0. The summed E-state index contributed by atoms with van der Waals surface area (Å²) in [5.41, 5.74) is 0.452. The molecule has 0 amide bonds. The quantitative estimate of drug-likeness (QED) is 0.684. The van der Waals surface area contributed by atoms with Crippen LogP contribution in [0.5, 0.6) is 0 Å². The first kappa shape index (κ1) is 14.4. The van der Waals surface area contributed by atoms with Crippen LogP contribution in [0.3, 0.4) is 0 Å². The van der Waals surface area contributed by atoms with E-state index in [0.29, 0.717) is 24.2 Å². The number of nitrogens with zero attached hydrogens (tertiary/aromatic N) is 2. The van der Waals surface area contributed by atoms with Crippen LogP contribution in [-0.4, -0.2) is 35.0 Å². The zero-order valence-corrected chi connectivity index (χ0v) is 11.9. The van der Waals surface area contributed by atoms with Crippen molar-refractivity contribution in [3.05, 3.63) is 39.7 Å². The third-order valence-electron chi connectivity index (χ3n) is 4.58. The Labute approximate surface area is 123 Å². The standard InChI is InChI=1S/C15H20FN3O2/c16-12-7-11(8-13(9-12)19(20)21)10-17-14-4-6-18-5-2-1-3-15(14)18/h7-9,14-15,17H,1-6,10H2. The third kappa shape index (κ3) is 3.22. The fourth-order valence-electron chi connectivity index (χ4n) is 3.58. The van der Waals surface area contributed by atoms with Gasteiger partial charge in [-0.1, -0.05) is 6.42 Å². The Morgan fingerprint density at radius 2 is 2.14 bits per heavy atom. The van der Waals surface area contributed by atoms with E-state index in [2.05, 4.69) is 10.2 Å². The number of nitro groups is 1. The number of piperidine rings is 1. The van der Waals surface area contributed by atoms with Crippen LogP contribution in [0.1, 0.15) is 31.2 Å². The van der Waals surface area contributed by atoms with Gasteiger partial charge in [-0.2, -0.15) is 0 Å². The number of benzene rings is 1. The molecule has 2 atom stereocenters. The predicted molar refractivity (Wildman–Crippen MR) is 77.5 cm³/mol. The average Bonchev–Trinajstić information content (AvgIpc) is 2.88. The molecule has 21 heavy (non-hydrogen) atoms. The van der Waals surface area contributed by atoms with E-state index in [9.17, 15) is 14.5 Å². The molecular weight excluding hydrogens is 273 g/mol. The van der Waals surface area contributed by atoms with Gasteiger partial charge in [-0.25, -0.2) is 4.39 Å². The zero-order valence-electron chi connectivity index (χ0n) is 11.9. The fourth-order valence-corrected chi connectivity index (χ4v) is 3.58.